The molecule has 0 spiro atoms. The van der Waals surface area contributed by atoms with Crippen molar-refractivity contribution in [1.29, 1.82) is 0 Å². The van der Waals surface area contributed by atoms with Gasteiger partial charge in [-0.25, -0.2) is 9.97 Å². The summed E-state index contributed by atoms with van der Waals surface area (Å²) in [6.07, 6.45) is 3.05. The predicted octanol–water partition coefficient (Wildman–Crippen LogP) is 0.753. The van der Waals surface area contributed by atoms with Crippen molar-refractivity contribution in [3.8, 4) is 0 Å². The molecule has 0 saturated carbocycles. The van der Waals surface area contributed by atoms with Crippen LogP contribution in [0.2, 0.25) is 0 Å². The second-order valence-electron chi connectivity index (χ2n) is 3.76. The van der Waals surface area contributed by atoms with Crippen molar-refractivity contribution in [2.75, 3.05) is 5.73 Å². The van der Waals surface area contributed by atoms with Crippen LogP contribution in [0.15, 0.2) is 23.2 Å². The highest BCUT2D eigenvalue weighted by atomic mass is 16.5. The number of aryl methyl sites for hydroxylation is 1. The number of anilines is 1. The van der Waals surface area contributed by atoms with E-state index in [1.807, 2.05) is 13.0 Å². The Hall–Kier alpha value is -2.44. The molecule has 86 valence electrons. The zero-order chi connectivity index (χ0) is 11.8. The van der Waals surface area contributed by atoms with E-state index in [1.165, 1.54) is 6.39 Å². The summed E-state index contributed by atoms with van der Waals surface area (Å²) in [7, 11) is 0. The number of nitrogens with two attached hydrogens (primary N) is 1. The Bertz CT molecular complexity index is 657. The van der Waals surface area contributed by atoms with Gasteiger partial charge in [-0.3, -0.25) is 4.57 Å². The van der Waals surface area contributed by atoms with Crippen LogP contribution in [-0.4, -0.2) is 24.7 Å². The smallest absolute Gasteiger partial charge is 0.213 e. The second-order valence-corrected chi connectivity index (χ2v) is 3.76. The number of hydrogen-bond acceptors (Lipinski definition) is 6. The first kappa shape index (κ1) is 9.76. The first-order chi connectivity index (χ1) is 8.24. The van der Waals surface area contributed by atoms with Crippen LogP contribution in [0.25, 0.3) is 11.2 Å². The van der Waals surface area contributed by atoms with Crippen molar-refractivity contribution in [2.24, 2.45) is 0 Å². The molecule has 2 N–H and O–H groups in total. The van der Waals surface area contributed by atoms with Crippen molar-refractivity contribution in [2.45, 2.75) is 13.5 Å². The summed E-state index contributed by atoms with van der Waals surface area (Å²) in [4.78, 5) is 12.5. The molecule has 3 heterocycles. The van der Waals surface area contributed by atoms with Gasteiger partial charge in [-0.2, -0.15) is 4.98 Å². The lowest BCUT2D eigenvalue weighted by molar-refractivity contribution is 0.408. The number of hydrogen-bond donors (Lipinski definition) is 1. The standard InChI is InChI=1S/C10H10N6O/c1-6-2-7-9(12-3-6)16(10(11)14-7)4-8-13-5-17-15-8/h2-3,5H,4H2,1H3,(H2,11,14). The molecule has 0 aromatic carbocycles. The Balaban J connectivity index is 2.12. The maximum atomic E-state index is 5.85. The monoisotopic (exact) mass is 230 g/mol. The van der Waals surface area contributed by atoms with E-state index >= 15 is 0 Å². The van der Waals surface area contributed by atoms with Gasteiger partial charge in [-0.15, -0.1) is 0 Å². The minimum absolute atomic E-state index is 0.392. The van der Waals surface area contributed by atoms with Gasteiger partial charge in [-0.05, 0) is 18.6 Å². The van der Waals surface area contributed by atoms with Gasteiger partial charge in [0.1, 0.15) is 5.52 Å². The van der Waals surface area contributed by atoms with Gasteiger partial charge in [0, 0.05) is 6.20 Å². The van der Waals surface area contributed by atoms with Gasteiger partial charge >= 0.3 is 0 Å². The number of aromatic nitrogens is 5. The maximum Gasteiger partial charge on any atom is 0.213 e. The third kappa shape index (κ3) is 1.61. The van der Waals surface area contributed by atoms with Gasteiger partial charge in [0.15, 0.2) is 11.5 Å². The van der Waals surface area contributed by atoms with Gasteiger partial charge < -0.3 is 10.3 Å². The summed E-state index contributed by atoms with van der Waals surface area (Å²) in [6, 6.07) is 1.94. The van der Waals surface area contributed by atoms with Crippen molar-refractivity contribution >= 4 is 17.1 Å². The molecule has 0 aliphatic heterocycles. The molecule has 3 aromatic heterocycles. The molecular weight excluding hydrogens is 220 g/mol. The van der Waals surface area contributed by atoms with Crippen molar-refractivity contribution in [3.63, 3.8) is 0 Å². The molecule has 0 saturated heterocycles. The number of nitrogens with zero attached hydrogens (tertiary/aromatic N) is 5. The largest absolute Gasteiger partial charge is 0.369 e. The average Bonchev–Trinajstić information content (AvgIpc) is 2.88. The highest BCUT2D eigenvalue weighted by molar-refractivity contribution is 5.74. The minimum atomic E-state index is 0.392. The quantitative estimate of drug-likeness (QED) is 0.698. The summed E-state index contributed by atoms with van der Waals surface area (Å²) in [6.45, 7) is 2.36. The molecular formula is C10H10N6O. The molecule has 0 amide bonds. The number of pyridine rings is 1. The number of fused-ring (bicyclic) bond motifs is 1. The van der Waals surface area contributed by atoms with Crippen LogP contribution < -0.4 is 5.73 Å². The normalized spacial score (nSPS) is 11.1. The van der Waals surface area contributed by atoms with Crippen LogP contribution in [-0.2, 0) is 6.54 Å². The Morgan fingerprint density at radius 3 is 3.06 bits per heavy atom. The Morgan fingerprint density at radius 1 is 1.41 bits per heavy atom. The topological polar surface area (TPSA) is 95.7 Å². The van der Waals surface area contributed by atoms with E-state index < -0.39 is 0 Å². The summed E-state index contributed by atoms with van der Waals surface area (Å²) in [5.41, 5.74) is 8.38. The predicted molar refractivity (Wildman–Crippen MR) is 60.1 cm³/mol. The van der Waals surface area contributed by atoms with Crippen molar-refractivity contribution in [1.82, 2.24) is 24.7 Å². The van der Waals surface area contributed by atoms with Gasteiger partial charge in [-0.1, -0.05) is 5.16 Å². The molecule has 0 unspecified atom stereocenters. The Labute approximate surface area is 96.3 Å². The lowest BCUT2D eigenvalue weighted by Crippen LogP contribution is -2.06. The highest BCUT2D eigenvalue weighted by Crippen LogP contribution is 2.17. The van der Waals surface area contributed by atoms with Crippen LogP contribution in [0.5, 0.6) is 0 Å². The highest BCUT2D eigenvalue weighted by Gasteiger charge is 2.11. The lowest BCUT2D eigenvalue weighted by Gasteiger charge is -2.01. The Kier molecular flexibility index (Phi) is 2.04. The zero-order valence-electron chi connectivity index (χ0n) is 9.16. The molecule has 3 aromatic rings. The van der Waals surface area contributed by atoms with E-state index in [0.29, 0.717) is 18.3 Å². The van der Waals surface area contributed by atoms with Crippen LogP contribution >= 0.6 is 0 Å². The molecule has 7 nitrogen and oxygen atoms in total. The Morgan fingerprint density at radius 2 is 2.29 bits per heavy atom. The van der Waals surface area contributed by atoms with E-state index in [0.717, 1.165) is 16.7 Å². The SMILES string of the molecule is Cc1cnc2c(c1)nc(N)n2Cc1ncon1. The average molecular weight is 230 g/mol. The van der Waals surface area contributed by atoms with E-state index in [1.54, 1.807) is 10.8 Å². The first-order valence-electron chi connectivity index (χ1n) is 5.07. The molecule has 0 aliphatic carbocycles. The molecule has 7 heteroatoms. The fourth-order valence-electron chi connectivity index (χ4n) is 1.69. The molecule has 0 bridgehead atoms. The van der Waals surface area contributed by atoms with E-state index in [4.69, 9.17) is 5.73 Å². The molecule has 0 fully saturated rings. The molecule has 3 rings (SSSR count). The third-order valence-electron chi connectivity index (χ3n) is 2.46. The molecule has 0 aliphatic rings. The van der Waals surface area contributed by atoms with Crippen LogP contribution in [0, 0.1) is 6.92 Å². The summed E-state index contributed by atoms with van der Waals surface area (Å²) in [5.74, 6) is 0.932. The first-order valence-corrected chi connectivity index (χ1v) is 5.07. The van der Waals surface area contributed by atoms with E-state index in [2.05, 4.69) is 24.6 Å². The summed E-state index contributed by atoms with van der Waals surface area (Å²) in [5, 5.41) is 3.74. The van der Waals surface area contributed by atoms with Crippen molar-refractivity contribution < 1.29 is 4.52 Å². The van der Waals surface area contributed by atoms with Gasteiger partial charge in [0.25, 0.3) is 0 Å². The van der Waals surface area contributed by atoms with Crippen LogP contribution in [0.4, 0.5) is 5.95 Å². The summed E-state index contributed by atoms with van der Waals surface area (Å²) < 4.78 is 6.43. The minimum Gasteiger partial charge on any atom is -0.369 e. The van der Waals surface area contributed by atoms with Crippen LogP contribution in [0.1, 0.15) is 11.4 Å². The molecule has 17 heavy (non-hydrogen) atoms. The van der Waals surface area contributed by atoms with Crippen molar-refractivity contribution in [3.05, 3.63) is 30.0 Å². The molecule has 0 radical (unpaired) electrons. The zero-order valence-corrected chi connectivity index (χ0v) is 9.16. The number of imidazole rings is 1. The fourth-order valence-corrected chi connectivity index (χ4v) is 1.69. The van der Waals surface area contributed by atoms with E-state index in [-0.39, 0.29) is 0 Å². The second kappa shape index (κ2) is 3.55. The lowest BCUT2D eigenvalue weighted by atomic mass is 10.3. The fraction of sp³-hybridized carbons (Fsp3) is 0.200. The van der Waals surface area contributed by atoms with Gasteiger partial charge in [0.2, 0.25) is 12.3 Å². The van der Waals surface area contributed by atoms with Crippen LogP contribution in [0.3, 0.4) is 0 Å². The van der Waals surface area contributed by atoms with E-state index in [9.17, 15) is 0 Å². The third-order valence-corrected chi connectivity index (χ3v) is 2.46. The molecule has 0 atom stereocenters. The summed E-state index contributed by atoms with van der Waals surface area (Å²) >= 11 is 0. The number of rotatable bonds is 2. The maximum absolute atomic E-state index is 5.85. The number of nitrogen functional groups attached to an aromatic ring is 1. The van der Waals surface area contributed by atoms with Gasteiger partial charge in [0.05, 0.1) is 6.54 Å².